The molecule has 1 aromatic heterocycles. The minimum atomic E-state index is -0.353. The molecule has 0 bridgehead atoms. The van der Waals surface area contributed by atoms with E-state index in [1.165, 1.54) is 0 Å². The number of hydrogen-bond donors (Lipinski definition) is 3. The molecule has 2 aromatic rings. The third-order valence-corrected chi connectivity index (χ3v) is 3.67. The molecule has 0 radical (unpaired) electrons. The standard InChI is InChI=1S/C15H17N3O2/c1-8-3-2-4-10(7-8)11-14(19)17-13(18-15(11)20)12(16)9-5-6-9/h2-4,7,9,12H,5-6,16H2,1H3,(H2,17,18,19,20). The smallest absolute Gasteiger partial charge is 0.262 e. The van der Waals surface area contributed by atoms with Crippen LogP contribution in [0.15, 0.2) is 29.1 Å². The topological polar surface area (TPSA) is 92.0 Å². The van der Waals surface area contributed by atoms with E-state index in [-0.39, 0.29) is 23.0 Å². The van der Waals surface area contributed by atoms with Crippen LogP contribution >= 0.6 is 0 Å². The SMILES string of the molecule is Cc1cccc(-c2c(O)nc(C(N)C3CC3)[nH]c2=O)c1. The quantitative estimate of drug-likeness (QED) is 0.794. The van der Waals surface area contributed by atoms with Crippen LogP contribution in [0.3, 0.4) is 0 Å². The van der Waals surface area contributed by atoms with Gasteiger partial charge < -0.3 is 15.8 Å². The minimum Gasteiger partial charge on any atom is -0.493 e. The molecule has 1 unspecified atom stereocenters. The molecule has 1 fully saturated rings. The Kier molecular flexibility index (Phi) is 3.06. The lowest BCUT2D eigenvalue weighted by Crippen LogP contribution is -2.22. The van der Waals surface area contributed by atoms with Gasteiger partial charge in [0.05, 0.1) is 6.04 Å². The molecule has 1 heterocycles. The van der Waals surface area contributed by atoms with Gasteiger partial charge in [-0.05, 0) is 31.2 Å². The average molecular weight is 271 g/mol. The van der Waals surface area contributed by atoms with Crippen molar-refractivity contribution < 1.29 is 5.11 Å². The molecule has 5 heteroatoms. The molecule has 0 spiro atoms. The van der Waals surface area contributed by atoms with E-state index in [1.54, 1.807) is 6.07 Å². The minimum absolute atomic E-state index is 0.195. The number of nitrogens with two attached hydrogens (primary N) is 1. The van der Waals surface area contributed by atoms with E-state index in [0.717, 1.165) is 18.4 Å². The van der Waals surface area contributed by atoms with Crippen LogP contribution in [0.5, 0.6) is 5.88 Å². The van der Waals surface area contributed by atoms with E-state index >= 15 is 0 Å². The molecular formula is C15H17N3O2. The van der Waals surface area contributed by atoms with Gasteiger partial charge in [-0.2, -0.15) is 4.98 Å². The number of rotatable bonds is 3. The maximum Gasteiger partial charge on any atom is 0.262 e. The normalized spacial score (nSPS) is 16.1. The molecule has 1 saturated carbocycles. The summed E-state index contributed by atoms with van der Waals surface area (Å²) < 4.78 is 0. The lowest BCUT2D eigenvalue weighted by Gasteiger charge is -2.11. The second-order valence-corrected chi connectivity index (χ2v) is 5.38. The first-order chi connectivity index (χ1) is 9.56. The number of nitrogens with one attached hydrogen (secondary N) is 1. The molecule has 0 amide bonds. The number of hydrogen-bond acceptors (Lipinski definition) is 4. The number of aromatic nitrogens is 2. The van der Waals surface area contributed by atoms with Crippen LogP contribution in [-0.2, 0) is 0 Å². The van der Waals surface area contributed by atoms with Gasteiger partial charge in [-0.3, -0.25) is 4.79 Å². The lowest BCUT2D eigenvalue weighted by atomic mass is 10.1. The van der Waals surface area contributed by atoms with Gasteiger partial charge in [0, 0.05) is 0 Å². The highest BCUT2D eigenvalue weighted by molar-refractivity contribution is 5.67. The van der Waals surface area contributed by atoms with Gasteiger partial charge in [0.2, 0.25) is 5.88 Å². The maximum absolute atomic E-state index is 12.2. The predicted octanol–water partition coefficient (Wildman–Crippen LogP) is 1.86. The molecule has 20 heavy (non-hydrogen) atoms. The molecular weight excluding hydrogens is 254 g/mol. The first-order valence-corrected chi connectivity index (χ1v) is 6.72. The van der Waals surface area contributed by atoms with Crippen LogP contribution in [0.2, 0.25) is 0 Å². The summed E-state index contributed by atoms with van der Waals surface area (Å²) in [6, 6.07) is 7.08. The van der Waals surface area contributed by atoms with E-state index in [0.29, 0.717) is 17.3 Å². The summed E-state index contributed by atoms with van der Waals surface area (Å²) in [5.41, 5.74) is 7.52. The Morgan fingerprint density at radius 3 is 2.80 bits per heavy atom. The van der Waals surface area contributed by atoms with Crippen molar-refractivity contribution in [2.75, 3.05) is 0 Å². The summed E-state index contributed by atoms with van der Waals surface area (Å²) in [7, 11) is 0. The zero-order valence-corrected chi connectivity index (χ0v) is 11.3. The van der Waals surface area contributed by atoms with Crippen molar-refractivity contribution in [2.45, 2.75) is 25.8 Å². The Hall–Kier alpha value is -2.14. The van der Waals surface area contributed by atoms with Gasteiger partial charge in [-0.15, -0.1) is 0 Å². The maximum atomic E-state index is 12.2. The Balaban J connectivity index is 2.07. The van der Waals surface area contributed by atoms with Crippen LogP contribution < -0.4 is 11.3 Å². The molecule has 104 valence electrons. The van der Waals surface area contributed by atoms with E-state index in [4.69, 9.17) is 5.73 Å². The van der Waals surface area contributed by atoms with Crippen molar-refractivity contribution in [1.82, 2.24) is 9.97 Å². The van der Waals surface area contributed by atoms with Gasteiger partial charge >= 0.3 is 0 Å². The second kappa shape index (κ2) is 4.76. The number of H-pyrrole nitrogens is 1. The Morgan fingerprint density at radius 2 is 2.20 bits per heavy atom. The Bertz CT molecular complexity index is 705. The number of aromatic hydroxyl groups is 1. The lowest BCUT2D eigenvalue weighted by molar-refractivity contribution is 0.443. The summed E-state index contributed by atoms with van der Waals surface area (Å²) in [5, 5.41) is 10.1. The van der Waals surface area contributed by atoms with Crippen LogP contribution in [0.25, 0.3) is 11.1 Å². The third kappa shape index (κ3) is 2.32. The Morgan fingerprint density at radius 1 is 1.45 bits per heavy atom. The average Bonchev–Trinajstić information content (AvgIpc) is 3.21. The van der Waals surface area contributed by atoms with Gasteiger partial charge in [0.25, 0.3) is 5.56 Å². The second-order valence-electron chi connectivity index (χ2n) is 5.38. The molecule has 1 atom stereocenters. The first kappa shape index (κ1) is 12.9. The van der Waals surface area contributed by atoms with Gasteiger partial charge in [-0.1, -0.05) is 29.8 Å². The van der Waals surface area contributed by atoms with Crippen molar-refractivity contribution >= 4 is 0 Å². The van der Waals surface area contributed by atoms with E-state index in [1.807, 2.05) is 25.1 Å². The molecule has 3 rings (SSSR count). The fourth-order valence-electron chi connectivity index (χ4n) is 2.38. The summed E-state index contributed by atoms with van der Waals surface area (Å²) in [6.07, 6.45) is 2.09. The molecule has 4 N–H and O–H groups in total. The van der Waals surface area contributed by atoms with Gasteiger partial charge in [-0.25, -0.2) is 0 Å². The van der Waals surface area contributed by atoms with Crippen LogP contribution in [-0.4, -0.2) is 15.1 Å². The highest BCUT2D eigenvalue weighted by atomic mass is 16.3. The monoisotopic (exact) mass is 271 g/mol. The summed E-state index contributed by atoms with van der Waals surface area (Å²) in [5.74, 6) is 0.472. The fraction of sp³-hybridized carbons (Fsp3) is 0.333. The largest absolute Gasteiger partial charge is 0.493 e. The molecule has 5 nitrogen and oxygen atoms in total. The number of benzene rings is 1. The zero-order chi connectivity index (χ0) is 14.3. The van der Waals surface area contributed by atoms with E-state index in [2.05, 4.69) is 9.97 Å². The molecule has 1 aliphatic rings. The summed E-state index contributed by atoms with van der Waals surface area (Å²) in [4.78, 5) is 19.0. The number of aromatic amines is 1. The predicted molar refractivity (Wildman–Crippen MR) is 76.3 cm³/mol. The fourth-order valence-corrected chi connectivity index (χ4v) is 2.38. The van der Waals surface area contributed by atoms with Crippen molar-refractivity contribution in [3.63, 3.8) is 0 Å². The highest BCUT2D eigenvalue weighted by Crippen LogP contribution is 2.38. The molecule has 0 aliphatic heterocycles. The van der Waals surface area contributed by atoms with E-state index < -0.39 is 0 Å². The zero-order valence-electron chi connectivity index (χ0n) is 11.3. The number of nitrogens with zero attached hydrogens (tertiary/aromatic N) is 1. The third-order valence-electron chi connectivity index (χ3n) is 3.67. The molecule has 1 aliphatic carbocycles. The first-order valence-electron chi connectivity index (χ1n) is 6.72. The van der Waals surface area contributed by atoms with Crippen molar-refractivity contribution in [1.29, 1.82) is 0 Å². The van der Waals surface area contributed by atoms with Crippen LogP contribution in [0.4, 0.5) is 0 Å². The molecule has 0 saturated heterocycles. The van der Waals surface area contributed by atoms with Gasteiger partial charge in [0.15, 0.2) is 0 Å². The van der Waals surface area contributed by atoms with E-state index in [9.17, 15) is 9.90 Å². The van der Waals surface area contributed by atoms with Crippen LogP contribution in [0, 0.1) is 12.8 Å². The van der Waals surface area contributed by atoms with Crippen molar-refractivity contribution in [2.24, 2.45) is 11.7 Å². The van der Waals surface area contributed by atoms with Crippen LogP contribution in [0.1, 0.15) is 30.3 Å². The van der Waals surface area contributed by atoms with Crippen molar-refractivity contribution in [3.05, 3.63) is 46.0 Å². The highest BCUT2D eigenvalue weighted by Gasteiger charge is 2.31. The molecule has 1 aromatic carbocycles. The summed E-state index contributed by atoms with van der Waals surface area (Å²) in [6.45, 7) is 1.93. The summed E-state index contributed by atoms with van der Waals surface area (Å²) >= 11 is 0. The van der Waals surface area contributed by atoms with Gasteiger partial charge in [0.1, 0.15) is 11.4 Å². The van der Waals surface area contributed by atoms with Crippen molar-refractivity contribution in [3.8, 4) is 17.0 Å². The Labute approximate surface area is 116 Å². The number of aryl methyl sites for hydroxylation is 1.